The van der Waals surface area contributed by atoms with Crippen LogP contribution in [0.25, 0.3) is 0 Å². The summed E-state index contributed by atoms with van der Waals surface area (Å²) in [5.41, 5.74) is 0. The van der Waals surface area contributed by atoms with Crippen LogP contribution < -0.4 is 5.32 Å². The number of unbranched alkanes of at least 4 members (excludes halogenated alkanes) is 2. The molecule has 0 unspecified atom stereocenters. The number of hydrogen-bond donors (Lipinski definition) is 3. The summed E-state index contributed by atoms with van der Waals surface area (Å²) in [5, 5.41) is 19.2. The summed E-state index contributed by atoms with van der Waals surface area (Å²) in [5.74, 6) is 1.11. The Bertz CT molecular complexity index is 439. The molecule has 21 heavy (non-hydrogen) atoms. The molecule has 0 spiro atoms. The standard InChI is InChI=1S/C15H24N4O2/c16-10-9-13-17-14(20)19(15(21)18-13)11-5-1-2-6-12-7-3-4-8-12/h9-10,12,16H,1-8,11H2,(H,17,20)(H,18,21). The maximum absolute atomic E-state index is 11.8. The Balaban J connectivity index is 1.70. The molecule has 1 aliphatic carbocycles. The van der Waals surface area contributed by atoms with Gasteiger partial charge in [-0.2, -0.15) is 4.99 Å². The van der Waals surface area contributed by atoms with Crippen molar-refractivity contribution < 1.29 is 9.90 Å². The number of nitrogens with zero attached hydrogens (tertiary/aromatic N) is 2. The van der Waals surface area contributed by atoms with Crippen LogP contribution >= 0.6 is 0 Å². The van der Waals surface area contributed by atoms with Gasteiger partial charge in [-0.3, -0.25) is 5.32 Å². The van der Waals surface area contributed by atoms with Crippen LogP contribution in [-0.2, 0) is 0 Å². The third kappa shape index (κ3) is 4.58. The molecule has 0 aromatic carbocycles. The van der Waals surface area contributed by atoms with Crippen molar-refractivity contribution in [3.8, 4) is 0 Å². The van der Waals surface area contributed by atoms with E-state index in [0.29, 0.717) is 6.54 Å². The van der Waals surface area contributed by atoms with Crippen LogP contribution in [0, 0.1) is 11.3 Å². The topological polar surface area (TPSA) is 88.8 Å². The normalized spacial score (nSPS) is 21.5. The molecule has 0 radical (unpaired) electrons. The van der Waals surface area contributed by atoms with Crippen molar-refractivity contribution in [3.63, 3.8) is 0 Å². The van der Waals surface area contributed by atoms with Crippen LogP contribution in [0.15, 0.2) is 16.9 Å². The molecule has 1 fully saturated rings. The van der Waals surface area contributed by atoms with Crippen LogP contribution in [0.2, 0.25) is 0 Å². The molecule has 0 aromatic heterocycles. The Morgan fingerprint density at radius 1 is 1.33 bits per heavy atom. The molecule has 0 atom stereocenters. The molecule has 116 valence electrons. The number of allylic oxidation sites excluding steroid dienone is 1. The molecule has 1 aliphatic heterocycles. The number of rotatable bonds is 7. The van der Waals surface area contributed by atoms with E-state index in [1.807, 2.05) is 0 Å². The zero-order chi connectivity index (χ0) is 15.1. The first-order valence-electron chi connectivity index (χ1n) is 7.77. The third-order valence-electron chi connectivity index (χ3n) is 4.15. The van der Waals surface area contributed by atoms with E-state index in [0.717, 1.165) is 25.0 Å². The highest BCUT2D eigenvalue weighted by molar-refractivity contribution is 5.96. The second-order valence-electron chi connectivity index (χ2n) is 5.71. The molecular weight excluding hydrogens is 268 g/mol. The summed E-state index contributed by atoms with van der Waals surface area (Å²) in [6, 6.07) is -0.672. The first-order valence-corrected chi connectivity index (χ1v) is 7.77. The number of aliphatic imine (C=N–C) groups is 1. The van der Waals surface area contributed by atoms with Crippen molar-refractivity contribution in [2.45, 2.75) is 51.4 Å². The Hall–Kier alpha value is -1.85. The van der Waals surface area contributed by atoms with E-state index in [9.17, 15) is 9.90 Å². The van der Waals surface area contributed by atoms with Gasteiger partial charge in [0.2, 0.25) is 0 Å². The Labute approximate surface area is 125 Å². The van der Waals surface area contributed by atoms with Gasteiger partial charge in [0.1, 0.15) is 5.82 Å². The van der Waals surface area contributed by atoms with Gasteiger partial charge in [-0.15, -0.1) is 0 Å². The van der Waals surface area contributed by atoms with Crippen LogP contribution in [0.4, 0.5) is 4.79 Å². The lowest BCUT2D eigenvalue weighted by atomic mass is 10.00. The van der Waals surface area contributed by atoms with Crippen LogP contribution in [-0.4, -0.2) is 34.8 Å². The van der Waals surface area contributed by atoms with Crippen molar-refractivity contribution in [2.24, 2.45) is 10.9 Å². The molecule has 2 rings (SSSR count). The van der Waals surface area contributed by atoms with Gasteiger partial charge in [0.15, 0.2) is 0 Å². The minimum atomic E-state index is -0.383. The van der Waals surface area contributed by atoms with Gasteiger partial charge in [-0.25, -0.2) is 9.69 Å². The van der Waals surface area contributed by atoms with Crippen LogP contribution in [0.5, 0.6) is 0 Å². The number of amidine groups is 1. The van der Waals surface area contributed by atoms with Crippen molar-refractivity contribution in [1.29, 1.82) is 5.41 Å². The number of carbonyl (C=O) groups excluding carboxylic acids is 1. The van der Waals surface area contributed by atoms with Gasteiger partial charge in [-0.05, 0) is 18.4 Å². The highest BCUT2D eigenvalue weighted by atomic mass is 16.3. The smallest absolute Gasteiger partial charge is 0.331 e. The molecular formula is C15H24N4O2. The Kier molecular flexibility index (Phi) is 5.78. The zero-order valence-electron chi connectivity index (χ0n) is 12.3. The molecule has 2 aliphatic rings. The summed E-state index contributed by atoms with van der Waals surface area (Å²) in [4.78, 5) is 16.9. The predicted molar refractivity (Wildman–Crippen MR) is 82.6 cm³/mol. The van der Waals surface area contributed by atoms with E-state index in [-0.39, 0.29) is 17.9 Å². The van der Waals surface area contributed by atoms with Gasteiger partial charge in [0, 0.05) is 12.8 Å². The summed E-state index contributed by atoms with van der Waals surface area (Å²) >= 11 is 0. The lowest BCUT2D eigenvalue weighted by Crippen LogP contribution is -2.47. The zero-order valence-corrected chi connectivity index (χ0v) is 12.3. The fourth-order valence-corrected chi connectivity index (χ4v) is 3.00. The highest BCUT2D eigenvalue weighted by Crippen LogP contribution is 2.29. The second-order valence-corrected chi connectivity index (χ2v) is 5.71. The molecule has 1 heterocycles. The molecule has 0 aromatic rings. The number of aliphatic hydroxyl groups is 1. The number of carbonyl (C=O) groups is 1. The molecule has 6 heteroatoms. The monoisotopic (exact) mass is 292 g/mol. The van der Waals surface area contributed by atoms with Gasteiger partial charge in [0.25, 0.3) is 6.02 Å². The predicted octanol–water partition coefficient (Wildman–Crippen LogP) is 3.17. The molecule has 0 bridgehead atoms. The SMILES string of the molecule is N=C/C=C1/N=C(O)N(CCCCCC2CCCC2)C(=O)N1. The van der Waals surface area contributed by atoms with E-state index in [1.54, 1.807) is 0 Å². The lowest BCUT2D eigenvalue weighted by molar-refractivity contribution is 0.211. The minimum Gasteiger partial charge on any atom is -0.480 e. The summed E-state index contributed by atoms with van der Waals surface area (Å²) in [6.07, 6.45) is 12.3. The van der Waals surface area contributed by atoms with Gasteiger partial charge < -0.3 is 10.5 Å². The molecule has 3 N–H and O–H groups in total. The van der Waals surface area contributed by atoms with E-state index < -0.39 is 0 Å². The number of hydrogen-bond acceptors (Lipinski definition) is 3. The fraction of sp³-hybridized carbons (Fsp3) is 0.667. The summed E-state index contributed by atoms with van der Waals surface area (Å²) in [6.45, 7) is 0.476. The summed E-state index contributed by atoms with van der Waals surface area (Å²) in [7, 11) is 0. The van der Waals surface area contributed by atoms with Crippen molar-refractivity contribution >= 4 is 18.3 Å². The van der Waals surface area contributed by atoms with Gasteiger partial charge in [0.05, 0.1) is 0 Å². The Morgan fingerprint density at radius 2 is 2.10 bits per heavy atom. The summed E-state index contributed by atoms with van der Waals surface area (Å²) < 4.78 is 0. The van der Waals surface area contributed by atoms with Crippen LogP contribution in [0.1, 0.15) is 51.4 Å². The third-order valence-corrected chi connectivity index (χ3v) is 4.15. The van der Waals surface area contributed by atoms with Gasteiger partial charge in [-0.1, -0.05) is 44.9 Å². The first kappa shape index (κ1) is 15.5. The lowest BCUT2D eigenvalue weighted by Gasteiger charge is -2.24. The first-order chi connectivity index (χ1) is 10.2. The molecule has 2 amide bonds. The molecule has 0 saturated heterocycles. The Morgan fingerprint density at radius 3 is 2.76 bits per heavy atom. The maximum Gasteiger partial charge on any atom is 0.331 e. The van der Waals surface area contributed by atoms with E-state index in [2.05, 4.69) is 10.3 Å². The van der Waals surface area contributed by atoms with Crippen molar-refractivity contribution in [2.75, 3.05) is 6.54 Å². The number of nitrogens with one attached hydrogen (secondary N) is 2. The largest absolute Gasteiger partial charge is 0.480 e. The number of aliphatic hydroxyl groups excluding tert-OH is 1. The van der Waals surface area contributed by atoms with Gasteiger partial charge >= 0.3 is 6.03 Å². The van der Waals surface area contributed by atoms with Crippen LogP contribution in [0.3, 0.4) is 0 Å². The second kappa shape index (κ2) is 7.81. The number of urea groups is 1. The minimum absolute atomic E-state index is 0.199. The number of amides is 2. The van der Waals surface area contributed by atoms with E-state index >= 15 is 0 Å². The van der Waals surface area contributed by atoms with E-state index in [1.165, 1.54) is 49.5 Å². The van der Waals surface area contributed by atoms with E-state index in [4.69, 9.17) is 5.41 Å². The molecule has 1 saturated carbocycles. The average Bonchev–Trinajstić information content (AvgIpc) is 2.94. The maximum atomic E-state index is 11.8. The quantitative estimate of drug-likeness (QED) is 0.497. The average molecular weight is 292 g/mol. The van der Waals surface area contributed by atoms with Crippen molar-refractivity contribution in [3.05, 3.63) is 11.9 Å². The van der Waals surface area contributed by atoms with Crippen molar-refractivity contribution in [1.82, 2.24) is 10.2 Å². The highest BCUT2D eigenvalue weighted by Gasteiger charge is 2.24. The fourth-order valence-electron chi connectivity index (χ4n) is 3.00. The molecule has 6 nitrogen and oxygen atoms in total.